The number of hydrazine groups is 1. The number of amides is 5. The highest BCUT2D eigenvalue weighted by Crippen LogP contribution is 2.37. The number of imide groups is 1. The Morgan fingerprint density at radius 2 is 1.73 bits per heavy atom. The fraction of sp³-hybridized carbons (Fsp3) is 0.568. The van der Waals surface area contributed by atoms with E-state index in [-0.39, 0.29) is 54.2 Å². The van der Waals surface area contributed by atoms with Crippen LogP contribution in [0, 0.1) is 5.92 Å². The summed E-state index contributed by atoms with van der Waals surface area (Å²) in [5.74, 6) is 0.164. The molecule has 5 saturated heterocycles. The number of hydrogen-bond donors (Lipinski definition) is 2. The molecule has 1 saturated carbocycles. The normalized spacial score (nSPS) is 25.9. The highest BCUT2D eigenvalue weighted by Gasteiger charge is 2.41. The second kappa shape index (κ2) is 16.7. The van der Waals surface area contributed by atoms with Crippen molar-refractivity contribution in [2.45, 2.75) is 88.6 Å². The standard InChI is InChI=1S/C44H53F2N13O5/c45-40(46)39-36(48-42(61)35-21-47-56-13-9-37(49-41(35)56)55-24-33-20-32(55)26-64-33)25-57(51-39)30-3-1-27(2-4-30)22-52-15-17-54(18-16-52)29-7-11-53(12-8-29)31-5-6-34-28(19-31)23-59(43(34)62)58-14-10-38(60)50-44(58)63/h5-6,9,13,19,21,25,27,29-30,32-33,40H,1-4,7-8,10-12,14-18,20,22-24,26H2,(H,48,61)(H,50,60,63)/t27?,30?,32-,33-/m1/s1. The number of anilines is 3. The molecule has 2 bridgehead atoms. The number of hydrogen-bond acceptors (Lipinski definition) is 12. The largest absolute Gasteiger partial charge is 0.374 e. The first kappa shape index (κ1) is 41.0. The Morgan fingerprint density at radius 1 is 0.922 bits per heavy atom. The summed E-state index contributed by atoms with van der Waals surface area (Å²) in [6.07, 6.45) is 8.97. The number of ether oxygens (including phenoxy) is 1. The van der Waals surface area contributed by atoms with Gasteiger partial charge < -0.3 is 24.8 Å². The Morgan fingerprint density at radius 3 is 2.47 bits per heavy atom. The molecule has 9 heterocycles. The average Bonchev–Trinajstić information content (AvgIpc) is 4.16. The van der Waals surface area contributed by atoms with E-state index in [1.54, 1.807) is 17.1 Å². The number of nitrogens with zero attached hydrogens (tertiary/aromatic N) is 11. The van der Waals surface area contributed by atoms with Crippen molar-refractivity contribution >= 4 is 46.6 Å². The third-order valence-corrected chi connectivity index (χ3v) is 14.7. The van der Waals surface area contributed by atoms with Crippen molar-refractivity contribution in [2.75, 3.05) is 80.6 Å². The van der Waals surface area contributed by atoms with Crippen LogP contribution in [0.1, 0.15) is 95.8 Å². The van der Waals surface area contributed by atoms with Gasteiger partial charge in [0, 0.05) is 88.5 Å². The molecule has 18 nitrogen and oxygen atoms in total. The topological polar surface area (TPSA) is 169 Å². The van der Waals surface area contributed by atoms with E-state index in [0.29, 0.717) is 36.3 Å². The van der Waals surface area contributed by atoms with Crippen LogP contribution in [-0.2, 0) is 16.1 Å². The fourth-order valence-electron chi connectivity index (χ4n) is 11.1. The minimum atomic E-state index is -2.85. The predicted molar refractivity (Wildman–Crippen MR) is 229 cm³/mol. The van der Waals surface area contributed by atoms with Gasteiger partial charge in [0.1, 0.15) is 11.4 Å². The lowest BCUT2D eigenvalue weighted by Gasteiger charge is -2.44. The van der Waals surface area contributed by atoms with Crippen molar-refractivity contribution in [2.24, 2.45) is 5.92 Å². The van der Waals surface area contributed by atoms with Crippen LogP contribution in [0.4, 0.5) is 30.8 Å². The maximum absolute atomic E-state index is 14.3. The minimum absolute atomic E-state index is 0.00898. The zero-order valence-electron chi connectivity index (χ0n) is 35.7. The van der Waals surface area contributed by atoms with Crippen LogP contribution in [0.2, 0.25) is 0 Å². The van der Waals surface area contributed by atoms with Crippen molar-refractivity contribution < 1.29 is 32.7 Å². The van der Waals surface area contributed by atoms with Crippen molar-refractivity contribution in [3.05, 3.63) is 65.2 Å². The van der Waals surface area contributed by atoms with E-state index < -0.39 is 24.1 Å². The lowest BCUT2D eigenvalue weighted by molar-refractivity contribution is -0.123. The number of halogens is 2. The Kier molecular flexibility index (Phi) is 10.7. The number of alkyl halides is 2. The first-order valence-electron chi connectivity index (χ1n) is 22.8. The number of urea groups is 1. The summed E-state index contributed by atoms with van der Waals surface area (Å²) in [6.45, 7) is 8.90. The molecule has 7 aliphatic rings. The second-order valence-corrected chi connectivity index (χ2v) is 18.4. The maximum atomic E-state index is 14.3. The lowest BCUT2D eigenvalue weighted by atomic mass is 9.85. The number of carbonyl (C=O) groups excluding carboxylic acids is 4. The van der Waals surface area contributed by atoms with Gasteiger partial charge in [0.05, 0.1) is 49.8 Å². The number of rotatable bonds is 10. The van der Waals surface area contributed by atoms with E-state index in [0.717, 1.165) is 114 Å². The molecule has 1 aromatic carbocycles. The predicted octanol–water partition coefficient (Wildman–Crippen LogP) is 3.92. The van der Waals surface area contributed by atoms with Gasteiger partial charge in [-0.2, -0.15) is 10.2 Å². The summed E-state index contributed by atoms with van der Waals surface area (Å²) in [7, 11) is 0. The molecule has 20 heteroatoms. The Balaban J connectivity index is 0.639. The molecule has 0 radical (unpaired) electrons. The Labute approximate surface area is 368 Å². The van der Waals surface area contributed by atoms with Gasteiger partial charge in [0.25, 0.3) is 18.2 Å². The fourth-order valence-corrected chi connectivity index (χ4v) is 11.1. The molecule has 2 N–H and O–H groups in total. The summed E-state index contributed by atoms with van der Waals surface area (Å²) in [5.41, 5.74) is 2.72. The van der Waals surface area contributed by atoms with E-state index in [1.165, 1.54) is 20.7 Å². The zero-order valence-corrected chi connectivity index (χ0v) is 35.7. The zero-order chi connectivity index (χ0) is 43.6. The molecule has 4 aromatic rings. The Bertz CT molecular complexity index is 2460. The van der Waals surface area contributed by atoms with Crippen LogP contribution in [0.15, 0.2) is 42.9 Å². The summed E-state index contributed by atoms with van der Waals surface area (Å²) < 4.78 is 37.5. The molecule has 0 spiro atoms. The summed E-state index contributed by atoms with van der Waals surface area (Å²) in [6, 6.07) is 8.01. The highest BCUT2D eigenvalue weighted by molar-refractivity contribution is 6.08. The maximum Gasteiger partial charge on any atom is 0.342 e. The number of benzene rings is 1. The lowest BCUT2D eigenvalue weighted by Crippen LogP contribution is -2.56. The molecule has 6 aliphatic heterocycles. The number of nitrogens with one attached hydrogen (secondary N) is 2. The molecular formula is C44H53F2N13O5. The van der Waals surface area contributed by atoms with Gasteiger partial charge in [-0.3, -0.25) is 29.3 Å². The number of piperidine rings is 1. The summed E-state index contributed by atoms with van der Waals surface area (Å²) in [4.78, 5) is 65.3. The third-order valence-electron chi connectivity index (χ3n) is 14.7. The molecule has 5 amide bonds. The van der Waals surface area contributed by atoms with Gasteiger partial charge in [-0.15, -0.1) is 0 Å². The average molecular weight is 882 g/mol. The number of morpholine rings is 1. The molecule has 0 unspecified atom stereocenters. The van der Waals surface area contributed by atoms with Gasteiger partial charge in [-0.1, -0.05) is 0 Å². The molecule has 3 aromatic heterocycles. The smallest absolute Gasteiger partial charge is 0.342 e. The molecular weight excluding hydrogens is 829 g/mol. The van der Waals surface area contributed by atoms with Gasteiger partial charge in [-0.25, -0.2) is 33.1 Å². The van der Waals surface area contributed by atoms with Crippen LogP contribution in [-0.4, -0.2) is 152 Å². The van der Waals surface area contributed by atoms with Crippen LogP contribution < -0.4 is 20.4 Å². The first-order chi connectivity index (χ1) is 31.1. The van der Waals surface area contributed by atoms with E-state index in [9.17, 15) is 28.0 Å². The van der Waals surface area contributed by atoms with Crippen LogP contribution in [0.3, 0.4) is 0 Å². The molecule has 338 valence electrons. The number of fused-ring (bicyclic) bond motifs is 4. The summed E-state index contributed by atoms with van der Waals surface area (Å²) in [5, 5.41) is 16.4. The van der Waals surface area contributed by atoms with E-state index in [1.807, 2.05) is 18.2 Å². The SMILES string of the molecule is O=C1CCN(N2Cc3cc(N4CCC(N5CCN(CC6CCC(n7cc(NC(=O)c8cnn9ccc(N%10C[C@H]%11C[C@@H]%10CO%11)nc89)c(C(F)F)n7)CC6)CC5)CC4)ccc3C2=O)C(=O)N1. The molecule has 11 rings (SSSR count). The van der Waals surface area contributed by atoms with Crippen molar-refractivity contribution in [3.8, 4) is 0 Å². The second-order valence-electron chi connectivity index (χ2n) is 18.4. The van der Waals surface area contributed by atoms with Gasteiger partial charge in [0.2, 0.25) is 5.91 Å². The third kappa shape index (κ3) is 7.71. The molecule has 2 atom stereocenters. The van der Waals surface area contributed by atoms with Crippen LogP contribution in [0.25, 0.3) is 5.65 Å². The molecule has 64 heavy (non-hydrogen) atoms. The van der Waals surface area contributed by atoms with Crippen molar-refractivity contribution in [3.63, 3.8) is 0 Å². The first-order valence-corrected chi connectivity index (χ1v) is 22.8. The van der Waals surface area contributed by atoms with Crippen LogP contribution >= 0.6 is 0 Å². The molecule has 6 fully saturated rings. The van der Waals surface area contributed by atoms with E-state index in [4.69, 9.17) is 9.72 Å². The van der Waals surface area contributed by atoms with E-state index >= 15 is 0 Å². The van der Waals surface area contributed by atoms with Crippen LogP contribution in [0.5, 0.6) is 0 Å². The monoisotopic (exact) mass is 881 g/mol. The van der Waals surface area contributed by atoms with Gasteiger partial charge in [-0.05, 0) is 80.7 Å². The number of aromatic nitrogens is 5. The number of carbonyl (C=O) groups is 4. The Hall–Kier alpha value is -5.73. The number of piperazine rings is 1. The van der Waals surface area contributed by atoms with E-state index in [2.05, 4.69) is 46.5 Å². The minimum Gasteiger partial charge on any atom is -0.374 e. The summed E-state index contributed by atoms with van der Waals surface area (Å²) >= 11 is 0. The highest BCUT2D eigenvalue weighted by atomic mass is 19.3. The quantitative estimate of drug-likeness (QED) is 0.236. The van der Waals surface area contributed by atoms with Gasteiger partial charge >= 0.3 is 6.03 Å². The molecule has 1 aliphatic carbocycles. The van der Waals surface area contributed by atoms with Crippen molar-refractivity contribution in [1.29, 1.82) is 0 Å². The van der Waals surface area contributed by atoms with Crippen molar-refractivity contribution in [1.82, 2.24) is 49.5 Å². The van der Waals surface area contributed by atoms with Gasteiger partial charge in [0.15, 0.2) is 11.3 Å².